The molecule has 0 heterocycles. The van der Waals surface area contributed by atoms with Gasteiger partial charge in [0.25, 0.3) is 0 Å². The van der Waals surface area contributed by atoms with Gasteiger partial charge in [0.1, 0.15) is 0 Å². The lowest BCUT2D eigenvalue weighted by Crippen LogP contribution is -2.33. The average molecular weight is 280 g/mol. The Morgan fingerprint density at radius 2 is 1.79 bits per heavy atom. The minimum absolute atomic E-state index is 0.361. The molecule has 1 aliphatic rings. The number of nitrogens with one attached hydrogen (secondary N) is 1. The molecule has 2 heteroatoms. The summed E-state index contributed by atoms with van der Waals surface area (Å²) >= 11 is 6.16. The highest BCUT2D eigenvalue weighted by Crippen LogP contribution is 2.38. The third kappa shape index (κ3) is 3.97. The summed E-state index contributed by atoms with van der Waals surface area (Å²) in [5, 5.41) is 3.60. The molecule has 2 rings (SSSR count). The fourth-order valence-electron chi connectivity index (χ4n) is 2.98. The maximum atomic E-state index is 6.16. The second-order valence-electron chi connectivity index (χ2n) is 6.34. The molecule has 1 nitrogen and oxygen atoms in total. The van der Waals surface area contributed by atoms with Gasteiger partial charge in [-0.05, 0) is 35.3 Å². The Balaban J connectivity index is 1.82. The van der Waals surface area contributed by atoms with E-state index in [1.54, 1.807) is 0 Å². The molecule has 1 aliphatic carbocycles. The van der Waals surface area contributed by atoms with Crippen molar-refractivity contribution < 1.29 is 0 Å². The maximum Gasteiger partial charge on any atom is 0.0292 e. The standard InChI is InChI=1S/C17H26ClN/c1-14(2)16-7-5-15(6-8-16)11-19-13-17(12-18)9-3-4-10-17/h5-8,14,19H,3-4,9-13H2,1-2H3. The molecular formula is C17H26ClN. The van der Waals surface area contributed by atoms with Crippen molar-refractivity contribution in [2.45, 2.75) is 52.0 Å². The van der Waals surface area contributed by atoms with Crippen LogP contribution in [0.3, 0.4) is 0 Å². The molecule has 0 atom stereocenters. The third-order valence-electron chi connectivity index (χ3n) is 4.42. The Kier molecular flexibility index (Phi) is 5.29. The molecule has 0 amide bonds. The van der Waals surface area contributed by atoms with Crippen LogP contribution in [0.2, 0.25) is 0 Å². The lowest BCUT2D eigenvalue weighted by molar-refractivity contribution is 0.320. The Morgan fingerprint density at radius 3 is 2.32 bits per heavy atom. The summed E-state index contributed by atoms with van der Waals surface area (Å²) in [6.45, 7) is 6.48. The summed E-state index contributed by atoms with van der Waals surface area (Å²) < 4.78 is 0. The van der Waals surface area contributed by atoms with E-state index < -0.39 is 0 Å². The van der Waals surface area contributed by atoms with Crippen molar-refractivity contribution in [2.24, 2.45) is 5.41 Å². The summed E-state index contributed by atoms with van der Waals surface area (Å²) in [4.78, 5) is 0. The molecule has 0 radical (unpaired) electrons. The molecule has 0 saturated heterocycles. The SMILES string of the molecule is CC(C)c1ccc(CNCC2(CCl)CCCC2)cc1. The average Bonchev–Trinajstić information content (AvgIpc) is 2.89. The van der Waals surface area contributed by atoms with E-state index in [9.17, 15) is 0 Å². The number of rotatable bonds is 6. The zero-order valence-corrected chi connectivity index (χ0v) is 13.0. The molecule has 19 heavy (non-hydrogen) atoms. The topological polar surface area (TPSA) is 12.0 Å². The quantitative estimate of drug-likeness (QED) is 0.745. The molecule has 0 bridgehead atoms. The summed E-state index contributed by atoms with van der Waals surface area (Å²) in [5.41, 5.74) is 3.14. The van der Waals surface area contributed by atoms with Crippen LogP contribution in [0.4, 0.5) is 0 Å². The maximum absolute atomic E-state index is 6.16. The molecule has 1 N–H and O–H groups in total. The van der Waals surface area contributed by atoms with E-state index in [4.69, 9.17) is 11.6 Å². The fraction of sp³-hybridized carbons (Fsp3) is 0.647. The monoisotopic (exact) mass is 279 g/mol. The van der Waals surface area contributed by atoms with Crippen molar-refractivity contribution in [3.8, 4) is 0 Å². The number of hydrogen-bond donors (Lipinski definition) is 1. The predicted octanol–water partition coefficient (Wildman–Crippen LogP) is 4.70. The van der Waals surface area contributed by atoms with Gasteiger partial charge in [-0.15, -0.1) is 11.6 Å². The number of alkyl halides is 1. The first-order chi connectivity index (χ1) is 9.15. The van der Waals surface area contributed by atoms with Gasteiger partial charge in [-0.2, -0.15) is 0 Å². The van der Waals surface area contributed by atoms with Gasteiger partial charge in [0.15, 0.2) is 0 Å². The van der Waals surface area contributed by atoms with Crippen LogP contribution in [0, 0.1) is 5.41 Å². The summed E-state index contributed by atoms with van der Waals surface area (Å²) in [6.07, 6.45) is 5.26. The molecule has 0 aromatic heterocycles. The van der Waals surface area contributed by atoms with Gasteiger partial charge in [0.05, 0.1) is 0 Å². The lowest BCUT2D eigenvalue weighted by atomic mass is 9.88. The fourth-order valence-corrected chi connectivity index (χ4v) is 3.34. The van der Waals surface area contributed by atoms with Gasteiger partial charge < -0.3 is 5.32 Å². The van der Waals surface area contributed by atoms with Crippen molar-refractivity contribution in [3.63, 3.8) is 0 Å². The molecule has 0 aliphatic heterocycles. The Hall–Kier alpha value is -0.530. The second-order valence-corrected chi connectivity index (χ2v) is 6.61. The van der Waals surface area contributed by atoms with Crippen LogP contribution in [0.25, 0.3) is 0 Å². The Bertz CT molecular complexity index is 377. The normalized spacial score (nSPS) is 18.1. The van der Waals surface area contributed by atoms with E-state index >= 15 is 0 Å². The summed E-state index contributed by atoms with van der Waals surface area (Å²) in [5.74, 6) is 1.41. The lowest BCUT2D eigenvalue weighted by Gasteiger charge is -2.26. The number of halogens is 1. The molecule has 0 unspecified atom stereocenters. The van der Waals surface area contributed by atoms with E-state index in [2.05, 4.69) is 43.4 Å². The Morgan fingerprint density at radius 1 is 1.16 bits per heavy atom. The van der Waals surface area contributed by atoms with Crippen LogP contribution >= 0.6 is 11.6 Å². The van der Waals surface area contributed by atoms with Crippen LogP contribution in [-0.4, -0.2) is 12.4 Å². The van der Waals surface area contributed by atoms with E-state index in [1.165, 1.54) is 36.8 Å². The first-order valence-electron chi connectivity index (χ1n) is 7.51. The first-order valence-corrected chi connectivity index (χ1v) is 8.04. The zero-order chi connectivity index (χ0) is 13.7. The van der Waals surface area contributed by atoms with Crippen LogP contribution in [-0.2, 0) is 6.54 Å². The van der Waals surface area contributed by atoms with Crippen molar-refractivity contribution in [1.29, 1.82) is 0 Å². The van der Waals surface area contributed by atoms with Gasteiger partial charge >= 0.3 is 0 Å². The van der Waals surface area contributed by atoms with E-state index in [-0.39, 0.29) is 0 Å². The predicted molar refractivity (Wildman–Crippen MR) is 83.9 cm³/mol. The van der Waals surface area contributed by atoms with Crippen LogP contribution in [0.5, 0.6) is 0 Å². The number of hydrogen-bond acceptors (Lipinski definition) is 1. The van der Waals surface area contributed by atoms with Gasteiger partial charge in [0, 0.05) is 19.0 Å². The summed E-state index contributed by atoms with van der Waals surface area (Å²) in [6, 6.07) is 8.97. The van der Waals surface area contributed by atoms with Crippen molar-refractivity contribution in [1.82, 2.24) is 5.32 Å². The minimum Gasteiger partial charge on any atom is -0.312 e. The highest BCUT2D eigenvalue weighted by molar-refractivity contribution is 6.18. The van der Waals surface area contributed by atoms with Gasteiger partial charge in [-0.1, -0.05) is 51.0 Å². The van der Waals surface area contributed by atoms with E-state index in [0.29, 0.717) is 11.3 Å². The van der Waals surface area contributed by atoms with Crippen LogP contribution in [0.1, 0.15) is 56.6 Å². The zero-order valence-electron chi connectivity index (χ0n) is 12.2. The highest BCUT2D eigenvalue weighted by Gasteiger charge is 2.32. The van der Waals surface area contributed by atoms with Gasteiger partial charge in [-0.3, -0.25) is 0 Å². The van der Waals surface area contributed by atoms with Gasteiger partial charge in [-0.25, -0.2) is 0 Å². The molecular weight excluding hydrogens is 254 g/mol. The third-order valence-corrected chi connectivity index (χ3v) is 4.99. The van der Waals surface area contributed by atoms with Crippen molar-refractivity contribution in [2.75, 3.05) is 12.4 Å². The number of benzene rings is 1. The molecule has 106 valence electrons. The highest BCUT2D eigenvalue weighted by atomic mass is 35.5. The van der Waals surface area contributed by atoms with Gasteiger partial charge in [0.2, 0.25) is 0 Å². The van der Waals surface area contributed by atoms with Crippen LogP contribution in [0.15, 0.2) is 24.3 Å². The van der Waals surface area contributed by atoms with E-state index in [0.717, 1.165) is 19.0 Å². The Labute approximate surface area is 122 Å². The molecule has 1 aromatic rings. The molecule has 1 saturated carbocycles. The first kappa shape index (κ1) is 14.9. The minimum atomic E-state index is 0.361. The largest absolute Gasteiger partial charge is 0.312 e. The van der Waals surface area contributed by atoms with Crippen molar-refractivity contribution >= 4 is 11.6 Å². The molecule has 0 spiro atoms. The smallest absolute Gasteiger partial charge is 0.0292 e. The summed E-state index contributed by atoms with van der Waals surface area (Å²) in [7, 11) is 0. The van der Waals surface area contributed by atoms with E-state index in [1.807, 2.05) is 0 Å². The van der Waals surface area contributed by atoms with Crippen LogP contribution < -0.4 is 5.32 Å². The molecule has 1 aromatic carbocycles. The second kappa shape index (κ2) is 6.76. The van der Waals surface area contributed by atoms with Crippen molar-refractivity contribution in [3.05, 3.63) is 35.4 Å². The molecule has 1 fully saturated rings.